The molecule has 0 bridgehead atoms. The molecule has 3 aromatic rings. The molecule has 2 aromatic carbocycles. The molecule has 1 amide bonds. The summed E-state index contributed by atoms with van der Waals surface area (Å²) in [4.78, 5) is 17.8. The summed E-state index contributed by atoms with van der Waals surface area (Å²) in [5, 5.41) is 0.947. The molecule has 6 heteroatoms. The molecule has 0 saturated carbocycles. The maximum absolute atomic E-state index is 12.8. The smallest absolute Gasteiger partial charge is 0.279 e. The van der Waals surface area contributed by atoms with Crippen LogP contribution in [0.3, 0.4) is 0 Å². The summed E-state index contributed by atoms with van der Waals surface area (Å²) in [5.41, 5.74) is 4.03. The van der Waals surface area contributed by atoms with E-state index in [1.165, 1.54) is 35.3 Å². The number of rotatable bonds is 3. The minimum atomic E-state index is -0.241. The van der Waals surface area contributed by atoms with Crippen LogP contribution in [0.25, 0.3) is 10.2 Å². The van der Waals surface area contributed by atoms with Gasteiger partial charge in [-0.25, -0.2) is 0 Å². The van der Waals surface area contributed by atoms with Gasteiger partial charge in [0.2, 0.25) is 0 Å². The predicted molar refractivity (Wildman–Crippen MR) is 113 cm³/mol. The molecule has 0 saturated heterocycles. The Morgan fingerprint density at radius 2 is 1.96 bits per heavy atom. The predicted octanol–water partition coefficient (Wildman–Crippen LogP) is 5.82. The van der Waals surface area contributed by atoms with Gasteiger partial charge in [-0.3, -0.25) is 4.79 Å². The van der Waals surface area contributed by atoms with Crippen LogP contribution in [-0.4, -0.2) is 10.5 Å². The SMILES string of the molecule is C=CCn1c(=NC(=O)c2ccc3c(c2)CCCC3)sc2ccc(Cl)c(Cl)c21. The number of aryl methyl sites for hydroxylation is 2. The summed E-state index contributed by atoms with van der Waals surface area (Å²) < 4.78 is 2.82. The summed E-state index contributed by atoms with van der Waals surface area (Å²) in [6.45, 7) is 4.30. The molecule has 1 heterocycles. The van der Waals surface area contributed by atoms with Gasteiger partial charge in [-0.05, 0) is 61.1 Å². The van der Waals surface area contributed by atoms with Crippen molar-refractivity contribution in [1.82, 2.24) is 4.57 Å². The number of amides is 1. The monoisotopic (exact) mass is 416 g/mol. The van der Waals surface area contributed by atoms with Crippen LogP contribution in [-0.2, 0) is 19.4 Å². The maximum Gasteiger partial charge on any atom is 0.279 e. The second-order valence-electron chi connectivity index (χ2n) is 6.60. The zero-order chi connectivity index (χ0) is 19.0. The van der Waals surface area contributed by atoms with Crippen molar-refractivity contribution >= 4 is 50.7 Å². The molecule has 1 aliphatic carbocycles. The van der Waals surface area contributed by atoms with Crippen molar-refractivity contribution in [2.24, 2.45) is 4.99 Å². The topological polar surface area (TPSA) is 34.4 Å². The van der Waals surface area contributed by atoms with E-state index in [2.05, 4.69) is 17.6 Å². The van der Waals surface area contributed by atoms with Crippen molar-refractivity contribution < 1.29 is 4.79 Å². The second-order valence-corrected chi connectivity index (χ2v) is 8.39. The number of hydrogen-bond acceptors (Lipinski definition) is 2. The Kier molecular flexibility index (Phi) is 5.22. The van der Waals surface area contributed by atoms with E-state index in [1.54, 1.807) is 12.1 Å². The van der Waals surface area contributed by atoms with Gasteiger partial charge in [0, 0.05) is 12.1 Å². The van der Waals surface area contributed by atoms with Gasteiger partial charge in [0.15, 0.2) is 4.80 Å². The fourth-order valence-corrected chi connectivity index (χ4v) is 5.03. The number of fused-ring (bicyclic) bond motifs is 2. The van der Waals surface area contributed by atoms with Crippen molar-refractivity contribution in [2.45, 2.75) is 32.2 Å². The number of carbonyl (C=O) groups is 1. The Morgan fingerprint density at radius 1 is 1.19 bits per heavy atom. The van der Waals surface area contributed by atoms with E-state index in [1.807, 2.05) is 22.8 Å². The summed E-state index contributed by atoms with van der Waals surface area (Å²) in [7, 11) is 0. The van der Waals surface area contributed by atoms with E-state index >= 15 is 0 Å². The Balaban J connectivity index is 1.82. The molecule has 4 rings (SSSR count). The molecule has 0 unspecified atom stereocenters. The zero-order valence-electron chi connectivity index (χ0n) is 14.7. The average molecular weight is 417 g/mol. The summed E-state index contributed by atoms with van der Waals surface area (Å²) >= 11 is 14.0. The van der Waals surface area contributed by atoms with Gasteiger partial charge in [0.25, 0.3) is 5.91 Å². The number of benzene rings is 2. The quantitative estimate of drug-likeness (QED) is 0.495. The van der Waals surface area contributed by atoms with Gasteiger partial charge in [-0.15, -0.1) is 6.58 Å². The third kappa shape index (κ3) is 3.49. The van der Waals surface area contributed by atoms with Crippen LogP contribution in [0.4, 0.5) is 0 Å². The first-order chi connectivity index (χ1) is 13.1. The van der Waals surface area contributed by atoms with E-state index in [-0.39, 0.29) is 5.91 Å². The van der Waals surface area contributed by atoms with Crippen molar-refractivity contribution in [3.63, 3.8) is 0 Å². The summed E-state index contributed by atoms with van der Waals surface area (Å²) in [6, 6.07) is 9.60. The van der Waals surface area contributed by atoms with Gasteiger partial charge in [-0.1, -0.05) is 46.7 Å². The first kappa shape index (κ1) is 18.5. The lowest BCUT2D eigenvalue weighted by atomic mass is 9.90. The average Bonchev–Trinajstić information content (AvgIpc) is 3.02. The molecular weight excluding hydrogens is 399 g/mol. The number of thiazole rings is 1. The molecule has 0 radical (unpaired) electrons. The molecular formula is C21H18Cl2N2OS. The van der Waals surface area contributed by atoms with E-state index in [0.717, 1.165) is 23.1 Å². The van der Waals surface area contributed by atoms with Crippen LogP contribution < -0.4 is 4.80 Å². The lowest BCUT2D eigenvalue weighted by molar-refractivity contribution is 0.0997. The second kappa shape index (κ2) is 7.63. The number of carbonyl (C=O) groups excluding carboxylic acids is 1. The van der Waals surface area contributed by atoms with Crippen molar-refractivity contribution in [3.8, 4) is 0 Å². The van der Waals surface area contributed by atoms with Gasteiger partial charge >= 0.3 is 0 Å². The van der Waals surface area contributed by atoms with Gasteiger partial charge in [0.1, 0.15) is 0 Å². The first-order valence-electron chi connectivity index (χ1n) is 8.87. The van der Waals surface area contributed by atoms with Gasteiger partial charge in [-0.2, -0.15) is 4.99 Å². The number of nitrogens with zero attached hydrogens (tertiary/aromatic N) is 2. The minimum Gasteiger partial charge on any atom is -0.311 e. The summed E-state index contributed by atoms with van der Waals surface area (Å²) in [6.07, 6.45) is 6.28. The molecule has 3 nitrogen and oxygen atoms in total. The van der Waals surface area contributed by atoms with Crippen molar-refractivity contribution in [2.75, 3.05) is 0 Å². The number of hydrogen-bond donors (Lipinski definition) is 0. The molecule has 1 aromatic heterocycles. The lowest BCUT2D eigenvalue weighted by Crippen LogP contribution is -2.16. The van der Waals surface area contributed by atoms with Gasteiger partial charge < -0.3 is 4.57 Å². The molecule has 0 spiro atoms. The highest BCUT2D eigenvalue weighted by atomic mass is 35.5. The van der Waals surface area contributed by atoms with Crippen LogP contribution in [0.15, 0.2) is 48.0 Å². The van der Waals surface area contributed by atoms with Crippen LogP contribution >= 0.6 is 34.5 Å². The van der Waals surface area contributed by atoms with Crippen LogP contribution in [0, 0.1) is 0 Å². The fraction of sp³-hybridized carbons (Fsp3) is 0.238. The van der Waals surface area contributed by atoms with E-state index in [4.69, 9.17) is 23.2 Å². The fourth-order valence-electron chi connectivity index (χ4n) is 3.50. The molecule has 0 atom stereocenters. The highest BCUT2D eigenvalue weighted by molar-refractivity contribution is 7.16. The van der Waals surface area contributed by atoms with E-state index in [9.17, 15) is 4.79 Å². The third-order valence-electron chi connectivity index (χ3n) is 4.84. The number of allylic oxidation sites excluding steroid dienone is 1. The van der Waals surface area contributed by atoms with Crippen LogP contribution in [0.5, 0.6) is 0 Å². The van der Waals surface area contributed by atoms with E-state index in [0.29, 0.717) is 27.0 Å². The Hall–Kier alpha value is -1.88. The van der Waals surface area contributed by atoms with Crippen LogP contribution in [0.2, 0.25) is 10.0 Å². The number of halogens is 2. The highest BCUT2D eigenvalue weighted by Gasteiger charge is 2.15. The van der Waals surface area contributed by atoms with Crippen molar-refractivity contribution in [1.29, 1.82) is 0 Å². The Bertz CT molecular complexity index is 1130. The third-order valence-corrected chi connectivity index (χ3v) is 6.68. The Labute approximate surface area is 171 Å². The summed E-state index contributed by atoms with van der Waals surface area (Å²) in [5.74, 6) is -0.241. The van der Waals surface area contributed by atoms with Crippen LogP contribution in [0.1, 0.15) is 34.3 Å². The van der Waals surface area contributed by atoms with E-state index < -0.39 is 0 Å². The molecule has 1 aliphatic rings. The normalized spacial score (nSPS) is 14.4. The first-order valence-corrected chi connectivity index (χ1v) is 10.4. The molecule has 27 heavy (non-hydrogen) atoms. The molecule has 0 N–H and O–H groups in total. The standard InChI is InChI=1S/C21H18Cl2N2OS/c1-2-11-25-19-17(10-9-16(22)18(19)23)27-21(25)24-20(26)15-8-7-13-5-3-4-6-14(13)12-15/h2,7-10,12H,1,3-6,11H2. The molecule has 0 fully saturated rings. The molecule has 138 valence electrons. The lowest BCUT2D eigenvalue weighted by Gasteiger charge is -2.15. The van der Waals surface area contributed by atoms with Gasteiger partial charge in [0.05, 0.1) is 20.3 Å². The zero-order valence-corrected chi connectivity index (χ0v) is 17.0. The maximum atomic E-state index is 12.8. The number of aromatic nitrogens is 1. The largest absolute Gasteiger partial charge is 0.311 e. The molecule has 0 aliphatic heterocycles. The Morgan fingerprint density at radius 3 is 2.74 bits per heavy atom. The highest BCUT2D eigenvalue weighted by Crippen LogP contribution is 2.32. The van der Waals surface area contributed by atoms with Crippen molar-refractivity contribution in [3.05, 3.63) is 74.5 Å². The minimum absolute atomic E-state index is 0.241.